The summed E-state index contributed by atoms with van der Waals surface area (Å²) >= 11 is 0. The summed E-state index contributed by atoms with van der Waals surface area (Å²) in [5.74, 6) is 3.57. The monoisotopic (exact) mass is 136 g/mol. The largest absolute Gasteiger partial charge is 0.381 e. The van der Waals surface area contributed by atoms with Crippen LogP contribution < -0.4 is 0 Å². The van der Waals surface area contributed by atoms with E-state index in [1.807, 2.05) is 0 Å². The molecule has 1 heterocycles. The number of hydrogen-bond donors (Lipinski definition) is 0. The molecule has 1 aliphatic heterocycles. The van der Waals surface area contributed by atoms with Gasteiger partial charge in [-0.25, -0.2) is 0 Å². The number of ether oxygens (including phenoxy) is 1. The molecule has 0 aromatic heterocycles. The lowest BCUT2D eigenvalue weighted by atomic mass is 9.86. The summed E-state index contributed by atoms with van der Waals surface area (Å²) in [5, 5.41) is 0. The Bertz CT molecular complexity index is 167. The Labute approximate surface area is 61.1 Å². The molecule has 0 unspecified atom stereocenters. The number of allylic oxidation sites excluding steroid dienone is 2. The zero-order chi connectivity index (χ0) is 6.55. The second-order valence-electron chi connectivity index (χ2n) is 3.81. The van der Waals surface area contributed by atoms with E-state index in [0.717, 1.165) is 36.9 Å². The average molecular weight is 136 g/mol. The molecule has 0 amide bonds. The second-order valence-corrected chi connectivity index (χ2v) is 3.81. The number of rotatable bonds is 0. The molecule has 3 aliphatic rings. The Morgan fingerprint density at radius 1 is 1.00 bits per heavy atom. The Morgan fingerprint density at radius 3 is 2.20 bits per heavy atom. The molecule has 3 rings (SSSR count). The maximum absolute atomic E-state index is 5.45. The molecule has 2 bridgehead atoms. The van der Waals surface area contributed by atoms with Gasteiger partial charge in [0, 0.05) is 0 Å². The molecule has 2 fully saturated rings. The van der Waals surface area contributed by atoms with Gasteiger partial charge in [0.2, 0.25) is 0 Å². The fourth-order valence-corrected chi connectivity index (χ4v) is 2.86. The summed E-state index contributed by atoms with van der Waals surface area (Å²) in [5.41, 5.74) is 0. The van der Waals surface area contributed by atoms with Crippen LogP contribution in [0, 0.1) is 23.7 Å². The van der Waals surface area contributed by atoms with Gasteiger partial charge in [0.25, 0.3) is 0 Å². The van der Waals surface area contributed by atoms with E-state index in [4.69, 9.17) is 4.74 Å². The van der Waals surface area contributed by atoms with E-state index in [9.17, 15) is 0 Å². The lowest BCUT2D eigenvalue weighted by Gasteiger charge is -2.16. The molecule has 54 valence electrons. The van der Waals surface area contributed by atoms with Crippen molar-refractivity contribution in [3.63, 3.8) is 0 Å². The van der Waals surface area contributed by atoms with Gasteiger partial charge in [-0.3, -0.25) is 0 Å². The minimum atomic E-state index is 0.887. The first kappa shape index (κ1) is 5.36. The van der Waals surface area contributed by atoms with Crippen LogP contribution in [0.1, 0.15) is 6.42 Å². The van der Waals surface area contributed by atoms with Gasteiger partial charge in [0.05, 0.1) is 13.2 Å². The van der Waals surface area contributed by atoms with Crippen molar-refractivity contribution in [3.8, 4) is 0 Å². The first-order chi connectivity index (χ1) is 4.95. The molecule has 0 aromatic rings. The average Bonchev–Trinajstić information content (AvgIpc) is 2.60. The van der Waals surface area contributed by atoms with Gasteiger partial charge in [-0.15, -0.1) is 0 Å². The number of hydrogen-bond acceptors (Lipinski definition) is 1. The minimum Gasteiger partial charge on any atom is -0.381 e. The molecule has 0 aromatic carbocycles. The molecular formula is C9H12O. The molecular weight excluding hydrogens is 124 g/mol. The summed E-state index contributed by atoms with van der Waals surface area (Å²) in [7, 11) is 0. The Hall–Kier alpha value is -0.300. The fraction of sp³-hybridized carbons (Fsp3) is 0.778. The van der Waals surface area contributed by atoms with Crippen molar-refractivity contribution in [2.45, 2.75) is 6.42 Å². The molecule has 1 nitrogen and oxygen atoms in total. The molecule has 0 radical (unpaired) electrons. The van der Waals surface area contributed by atoms with Crippen molar-refractivity contribution in [1.82, 2.24) is 0 Å². The maximum Gasteiger partial charge on any atom is 0.0503 e. The van der Waals surface area contributed by atoms with Crippen LogP contribution in [-0.4, -0.2) is 13.2 Å². The van der Waals surface area contributed by atoms with Crippen molar-refractivity contribution < 1.29 is 4.74 Å². The quantitative estimate of drug-likeness (QED) is 0.458. The fourth-order valence-electron chi connectivity index (χ4n) is 2.86. The van der Waals surface area contributed by atoms with Crippen LogP contribution in [0.3, 0.4) is 0 Å². The zero-order valence-electron chi connectivity index (χ0n) is 5.99. The van der Waals surface area contributed by atoms with Gasteiger partial charge in [0.1, 0.15) is 0 Å². The third-order valence-electron chi connectivity index (χ3n) is 3.42. The first-order valence-corrected chi connectivity index (χ1v) is 4.21. The smallest absolute Gasteiger partial charge is 0.0503 e. The van der Waals surface area contributed by atoms with Crippen LogP contribution in [-0.2, 0) is 4.74 Å². The highest BCUT2D eigenvalue weighted by Gasteiger charge is 2.47. The third kappa shape index (κ3) is 0.485. The molecule has 4 atom stereocenters. The topological polar surface area (TPSA) is 9.23 Å². The zero-order valence-corrected chi connectivity index (χ0v) is 5.99. The number of fused-ring (bicyclic) bond motifs is 5. The van der Waals surface area contributed by atoms with Gasteiger partial charge in [-0.1, -0.05) is 12.2 Å². The van der Waals surface area contributed by atoms with Crippen molar-refractivity contribution in [1.29, 1.82) is 0 Å². The highest BCUT2D eigenvalue weighted by atomic mass is 16.5. The highest BCUT2D eigenvalue weighted by Crippen LogP contribution is 2.50. The van der Waals surface area contributed by atoms with Crippen LogP contribution in [0.25, 0.3) is 0 Å². The Balaban J connectivity index is 1.99. The summed E-state index contributed by atoms with van der Waals surface area (Å²) < 4.78 is 5.45. The van der Waals surface area contributed by atoms with Gasteiger partial charge < -0.3 is 4.74 Å². The predicted molar refractivity (Wildman–Crippen MR) is 38.5 cm³/mol. The first-order valence-electron chi connectivity index (χ1n) is 4.21. The van der Waals surface area contributed by atoms with Crippen LogP contribution >= 0.6 is 0 Å². The summed E-state index contributed by atoms with van der Waals surface area (Å²) in [4.78, 5) is 0. The maximum atomic E-state index is 5.45. The van der Waals surface area contributed by atoms with Crippen LogP contribution in [0.4, 0.5) is 0 Å². The van der Waals surface area contributed by atoms with Gasteiger partial charge in [-0.05, 0) is 30.1 Å². The highest BCUT2D eigenvalue weighted by molar-refractivity contribution is 5.14. The van der Waals surface area contributed by atoms with E-state index in [0.29, 0.717) is 0 Å². The van der Waals surface area contributed by atoms with Gasteiger partial charge >= 0.3 is 0 Å². The molecule has 1 saturated carbocycles. The summed E-state index contributed by atoms with van der Waals surface area (Å²) in [6.45, 7) is 2.08. The molecule has 0 N–H and O–H groups in total. The third-order valence-corrected chi connectivity index (χ3v) is 3.42. The van der Waals surface area contributed by atoms with Gasteiger partial charge in [0.15, 0.2) is 0 Å². The van der Waals surface area contributed by atoms with E-state index >= 15 is 0 Å². The van der Waals surface area contributed by atoms with Crippen LogP contribution in [0.2, 0.25) is 0 Å². The van der Waals surface area contributed by atoms with E-state index in [1.54, 1.807) is 0 Å². The SMILES string of the molecule is C1=C[C@H]2C[C@@H]1[C@H]1COC[C@H]12. The van der Waals surface area contributed by atoms with Crippen molar-refractivity contribution in [2.75, 3.05) is 13.2 Å². The minimum absolute atomic E-state index is 0.887. The van der Waals surface area contributed by atoms with Crippen molar-refractivity contribution in [3.05, 3.63) is 12.2 Å². The standard InChI is InChI=1S/C9H12O/c1-2-7-3-6(1)8-4-10-5-9(7)8/h1-2,6-9H,3-5H2/t6-,7+,8-,9+. The van der Waals surface area contributed by atoms with Gasteiger partial charge in [-0.2, -0.15) is 0 Å². The summed E-state index contributed by atoms with van der Waals surface area (Å²) in [6.07, 6.45) is 6.24. The van der Waals surface area contributed by atoms with E-state index in [-0.39, 0.29) is 0 Å². The lowest BCUT2D eigenvalue weighted by molar-refractivity contribution is 0.165. The van der Waals surface area contributed by atoms with E-state index in [2.05, 4.69) is 12.2 Å². The summed E-state index contributed by atoms with van der Waals surface area (Å²) in [6, 6.07) is 0. The van der Waals surface area contributed by atoms with Crippen molar-refractivity contribution >= 4 is 0 Å². The predicted octanol–water partition coefficient (Wildman–Crippen LogP) is 1.45. The molecule has 1 saturated heterocycles. The normalized spacial score (nSPS) is 56.0. The Morgan fingerprint density at radius 2 is 1.60 bits per heavy atom. The lowest BCUT2D eigenvalue weighted by Crippen LogP contribution is -2.16. The molecule has 0 spiro atoms. The van der Waals surface area contributed by atoms with Crippen molar-refractivity contribution in [2.24, 2.45) is 23.7 Å². The molecule has 1 heteroatoms. The van der Waals surface area contributed by atoms with E-state index in [1.165, 1.54) is 6.42 Å². The molecule has 10 heavy (non-hydrogen) atoms. The Kier molecular flexibility index (Phi) is 0.883. The molecule has 2 aliphatic carbocycles. The van der Waals surface area contributed by atoms with Crippen LogP contribution in [0.5, 0.6) is 0 Å². The van der Waals surface area contributed by atoms with Crippen LogP contribution in [0.15, 0.2) is 12.2 Å². The van der Waals surface area contributed by atoms with E-state index < -0.39 is 0 Å². The second kappa shape index (κ2) is 1.65.